The van der Waals surface area contributed by atoms with Crippen molar-refractivity contribution in [3.05, 3.63) is 30.5 Å². The molecular weight excluding hydrogens is 260 g/mol. The number of pyridine rings is 1. The Labute approximate surface area is 127 Å². The number of nitrogens with zero attached hydrogens (tertiary/aromatic N) is 1. The van der Waals surface area contributed by atoms with E-state index in [1.165, 1.54) is 38.5 Å². The number of unbranched alkanes of at least 4 members (excludes halogenated alkanes) is 6. The molecule has 0 fully saturated rings. The van der Waals surface area contributed by atoms with E-state index in [0.717, 1.165) is 29.7 Å². The first-order chi connectivity index (χ1) is 10.3. The average Bonchev–Trinajstić information content (AvgIpc) is 2.52. The van der Waals surface area contributed by atoms with Gasteiger partial charge in [0.1, 0.15) is 5.75 Å². The largest absolute Gasteiger partial charge is 0.493 e. The van der Waals surface area contributed by atoms with Crippen LogP contribution in [-0.4, -0.2) is 11.6 Å². The molecule has 0 unspecified atom stereocenters. The molecule has 1 heterocycles. The second-order valence-corrected chi connectivity index (χ2v) is 5.52. The molecule has 2 rings (SSSR count). The van der Waals surface area contributed by atoms with Gasteiger partial charge in [-0.25, -0.2) is 0 Å². The maximum atomic E-state index is 5.94. The standard InChI is InChI=1S/C18H26N2O/c1-2-3-4-5-6-7-8-14-21-17-12-11-16(19)18-15(17)10-9-13-20-18/h9-13H,2-8,14,19H2,1H3. The Hall–Kier alpha value is -1.77. The minimum absolute atomic E-state index is 0.703. The molecule has 2 N–H and O–H groups in total. The van der Waals surface area contributed by atoms with Crippen LogP contribution in [-0.2, 0) is 0 Å². The molecule has 0 aliphatic rings. The highest BCUT2D eigenvalue weighted by atomic mass is 16.5. The van der Waals surface area contributed by atoms with Crippen LogP contribution < -0.4 is 10.5 Å². The minimum atomic E-state index is 0.703. The molecule has 3 nitrogen and oxygen atoms in total. The number of aromatic nitrogens is 1. The smallest absolute Gasteiger partial charge is 0.128 e. The summed E-state index contributed by atoms with van der Waals surface area (Å²) in [6.45, 7) is 3.02. The molecule has 0 saturated carbocycles. The van der Waals surface area contributed by atoms with Gasteiger partial charge < -0.3 is 10.5 Å². The predicted octanol–water partition coefficient (Wildman–Crippen LogP) is 4.95. The van der Waals surface area contributed by atoms with E-state index in [2.05, 4.69) is 11.9 Å². The van der Waals surface area contributed by atoms with Crippen molar-refractivity contribution in [2.24, 2.45) is 0 Å². The lowest BCUT2D eigenvalue weighted by Gasteiger charge is -2.10. The molecule has 0 saturated heterocycles. The summed E-state index contributed by atoms with van der Waals surface area (Å²) in [6.07, 6.45) is 10.8. The number of benzene rings is 1. The van der Waals surface area contributed by atoms with E-state index in [1.807, 2.05) is 24.3 Å². The second-order valence-electron chi connectivity index (χ2n) is 5.52. The molecule has 0 bridgehead atoms. The van der Waals surface area contributed by atoms with Gasteiger partial charge in [0.05, 0.1) is 17.8 Å². The van der Waals surface area contributed by atoms with Gasteiger partial charge in [0.2, 0.25) is 0 Å². The van der Waals surface area contributed by atoms with Crippen molar-refractivity contribution in [2.75, 3.05) is 12.3 Å². The van der Waals surface area contributed by atoms with Crippen LogP contribution in [0.3, 0.4) is 0 Å². The van der Waals surface area contributed by atoms with Crippen molar-refractivity contribution in [1.82, 2.24) is 4.98 Å². The highest BCUT2D eigenvalue weighted by Crippen LogP contribution is 2.28. The molecule has 2 aromatic rings. The summed E-state index contributed by atoms with van der Waals surface area (Å²) in [5.74, 6) is 0.887. The summed E-state index contributed by atoms with van der Waals surface area (Å²) in [5, 5.41) is 1.00. The number of anilines is 1. The molecule has 0 amide bonds. The fourth-order valence-corrected chi connectivity index (χ4v) is 2.54. The van der Waals surface area contributed by atoms with E-state index in [0.29, 0.717) is 5.69 Å². The Bertz CT molecular complexity index is 554. The normalized spacial score (nSPS) is 10.9. The fourth-order valence-electron chi connectivity index (χ4n) is 2.54. The SMILES string of the molecule is CCCCCCCCCOc1ccc(N)c2ncccc12. The zero-order valence-corrected chi connectivity index (χ0v) is 13.0. The predicted molar refractivity (Wildman–Crippen MR) is 89.6 cm³/mol. The number of nitrogens with two attached hydrogens (primary N) is 1. The highest BCUT2D eigenvalue weighted by Gasteiger charge is 2.05. The Morgan fingerprint density at radius 3 is 2.57 bits per heavy atom. The zero-order chi connectivity index (χ0) is 14.9. The van der Waals surface area contributed by atoms with E-state index in [4.69, 9.17) is 10.5 Å². The monoisotopic (exact) mass is 286 g/mol. The van der Waals surface area contributed by atoms with E-state index in [1.54, 1.807) is 6.20 Å². The number of hydrogen-bond donors (Lipinski definition) is 1. The van der Waals surface area contributed by atoms with Gasteiger partial charge in [0.25, 0.3) is 0 Å². The number of fused-ring (bicyclic) bond motifs is 1. The van der Waals surface area contributed by atoms with Crippen LogP contribution >= 0.6 is 0 Å². The van der Waals surface area contributed by atoms with Crippen molar-refractivity contribution >= 4 is 16.6 Å². The third-order valence-corrected chi connectivity index (χ3v) is 3.77. The second kappa shape index (κ2) is 8.50. The lowest BCUT2D eigenvalue weighted by molar-refractivity contribution is 0.307. The van der Waals surface area contributed by atoms with Crippen LogP contribution in [0, 0.1) is 0 Å². The van der Waals surface area contributed by atoms with E-state index in [9.17, 15) is 0 Å². The third-order valence-electron chi connectivity index (χ3n) is 3.77. The zero-order valence-electron chi connectivity index (χ0n) is 13.0. The van der Waals surface area contributed by atoms with E-state index < -0.39 is 0 Å². The van der Waals surface area contributed by atoms with Crippen LogP contribution in [0.25, 0.3) is 10.9 Å². The quantitative estimate of drug-likeness (QED) is 0.524. The maximum absolute atomic E-state index is 5.94. The van der Waals surface area contributed by atoms with E-state index >= 15 is 0 Å². The summed E-state index contributed by atoms with van der Waals surface area (Å²) in [7, 11) is 0. The van der Waals surface area contributed by atoms with Crippen molar-refractivity contribution < 1.29 is 4.74 Å². The third kappa shape index (κ3) is 4.62. The lowest BCUT2D eigenvalue weighted by atomic mass is 10.1. The minimum Gasteiger partial charge on any atom is -0.493 e. The summed E-state index contributed by atoms with van der Waals surface area (Å²) < 4.78 is 5.91. The first-order valence-electron chi connectivity index (χ1n) is 8.09. The highest BCUT2D eigenvalue weighted by molar-refractivity contribution is 5.93. The molecule has 21 heavy (non-hydrogen) atoms. The van der Waals surface area contributed by atoms with Crippen LogP contribution in [0.4, 0.5) is 5.69 Å². The first-order valence-corrected chi connectivity index (χ1v) is 8.09. The molecule has 0 spiro atoms. The van der Waals surface area contributed by atoms with Gasteiger partial charge in [0, 0.05) is 11.6 Å². The van der Waals surface area contributed by atoms with Gasteiger partial charge in [-0.15, -0.1) is 0 Å². The molecule has 0 radical (unpaired) electrons. The average molecular weight is 286 g/mol. The van der Waals surface area contributed by atoms with Crippen LogP contribution in [0.5, 0.6) is 5.75 Å². The van der Waals surface area contributed by atoms with Crippen LogP contribution in [0.15, 0.2) is 30.5 Å². The number of nitrogen functional groups attached to an aromatic ring is 1. The summed E-state index contributed by atoms with van der Waals surface area (Å²) >= 11 is 0. The van der Waals surface area contributed by atoms with Gasteiger partial charge in [-0.1, -0.05) is 45.4 Å². The van der Waals surface area contributed by atoms with Gasteiger partial charge in [-0.3, -0.25) is 4.98 Å². The topological polar surface area (TPSA) is 48.1 Å². The van der Waals surface area contributed by atoms with Crippen LogP contribution in [0.1, 0.15) is 51.9 Å². The van der Waals surface area contributed by atoms with E-state index in [-0.39, 0.29) is 0 Å². The van der Waals surface area contributed by atoms with Gasteiger partial charge >= 0.3 is 0 Å². The fraction of sp³-hybridized carbons (Fsp3) is 0.500. The van der Waals surface area contributed by atoms with Crippen LogP contribution in [0.2, 0.25) is 0 Å². The molecule has 0 aliphatic heterocycles. The first kappa shape index (κ1) is 15.6. The van der Waals surface area contributed by atoms with Gasteiger partial charge in [0.15, 0.2) is 0 Å². The molecule has 0 aliphatic carbocycles. The lowest BCUT2D eigenvalue weighted by Crippen LogP contribution is -1.99. The Kier molecular flexibility index (Phi) is 6.32. The Balaban J connectivity index is 1.78. The molecule has 114 valence electrons. The maximum Gasteiger partial charge on any atom is 0.128 e. The Morgan fingerprint density at radius 1 is 1.00 bits per heavy atom. The van der Waals surface area contributed by atoms with Gasteiger partial charge in [-0.2, -0.15) is 0 Å². The van der Waals surface area contributed by atoms with Crippen molar-refractivity contribution in [1.29, 1.82) is 0 Å². The molecule has 3 heteroatoms. The number of rotatable bonds is 9. The Morgan fingerprint density at radius 2 is 1.76 bits per heavy atom. The van der Waals surface area contributed by atoms with Crippen molar-refractivity contribution in [3.63, 3.8) is 0 Å². The molecule has 1 aromatic carbocycles. The van der Waals surface area contributed by atoms with Crippen molar-refractivity contribution in [2.45, 2.75) is 51.9 Å². The summed E-state index contributed by atoms with van der Waals surface area (Å²) in [4.78, 5) is 4.32. The van der Waals surface area contributed by atoms with Crippen molar-refractivity contribution in [3.8, 4) is 5.75 Å². The molecule has 0 atom stereocenters. The van der Waals surface area contributed by atoms with Gasteiger partial charge in [-0.05, 0) is 30.7 Å². The molecule has 1 aromatic heterocycles. The number of ether oxygens (including phenoxy) is 1. The summed E-state index contributed by atoms with van der Waals surface area (Å²) in [5.41, 5.74) is 7.47. The molecular formula is C18H26N2O. The summed E-state index contributed by atoms with van der Waals surface area (Å²) in [6, 6.07) is 7.75. The number of hydrogen-bond acceptors (Lipinski definition) is 3.